The number of piperidine rings is 1. The first-order valence-electron chi connectivity index (χ1n) is 14.0. The summed E-state index contributed by atoms with van der Waals surface area (Å²) in [5.41, 5.74) is 5.59. The number of amides is 2. The van der Waals surface area contributed by atoms with Gasteiger partial charge in [-0.15, -0.1) is 10.6 Å². The molecule has 0 aromatic heterocycles. The maximum absolute atomic E-state index is 13.7. The zero-order valence-electron chi connectivity index (χ0n) is 24.6. The van der Waals surface area contributed by atoms with Gasteiger partial charge in [-0.3, -0.25) is 18.7 Å². The van der Waals surface area contributed by atoms with Crippen molar-refractivity contribution in [2.75, 3.05) is 19.7 Å². The molecule has 1 atom stereocenters. The van der Waals surface area contributed by atoms with Gasteiger partial charge in [0.2, 0.25) is 11.8 Å². The molecule has 2 aliphatic rings. The highest BCUT2D eigenvalue weighted by atomic mass is 32.3. The number of nitrogens with one attached hydrogen (secondary N) is 1. The molecule has 0 saturated carbocycles. The highest BCUT2D eigenvalue weighted by Crippen LogP contribution is 2.58. The molecule has 45 heavy (non-hydrogen) atoms. The normalized spacial score (nSPS) is 17.5. The highest BCUT2D eigenvalue weighted by molar-refractivity contribution is 8.39. The molecule has 1 saturated heterocycles. The lowest BCUT2D eigenvalue weighted by molar-refractivity contribution is -0.193. The van der Waals surface area contributed by atoms with Gasteiger partial charge >= 0.3 is 12.1 Å². The number of nitrogens with two attached hydrogens (primary N) is 1. The molecule has 244 valence electrons. The molecule has 0 aliphatic carbocycles. The van der Waals surface area contributed by atoms with Crippen LogP contribution in [0.3, 0.4) is 0 Å². The molecular formula is C30H35F3N4O7S. The van der Waals surface area contributed by atoms with Crippen LogP contribution in [0.5, 0.6) is 0 Å². The van der Waals surface area contributed by atoms with Crippen molar-refractivity contribution < 1.29 is 46.1 Å². The molecule has 2 heterocycles. The number of fused-ring (bicyclic) bond motifs is 2. The Bertz CT molecular complexity index is 1470. The van der Waals surface area contributed by atoms with Crippen molar-refractivity contribution in [3.63, 3.8) is 0 Å². The predicted molar refractivity (Wildman–Crippen MR) is 161 cm³/mol. The zero-order valence-corrected chi connectivity index (χ0v) is 25.4. The summed E-state index contributed by atoms with van der Waals surface area (Å²) in [6, 6.07) is 15.1. The average Bonchev–Trinajstić information content (AvgIpc) is 3.30. The number of hydrogen-bond donors (Lipinski definition) is 4. The van der Waals surface area contributed by atoms with Gasteiger partial charge < -0.3 is 25.4 Å². The van der Waals surface area contributed by atoms with Crippen LogP contribution in [0.15, 0.2) is 71.3 Å². The van der Waals surface area contributed by atoms with Gasteiger partial charge in [-0.2, -0.15) is 13.2 Å². The summed E-state index contributed by atoms with van der Waals surface area (Å²) in [6.07, 6.45) is -4.62. The van der Waals surface area contributed by atoms with Crippen molar-refractivity contribution in [1.82, 2.24) is 10.2 Å². The van der Waals surface area contributed by atoms with Crippen molar-refractivity contribution in [3.8, 4) is 0 Å². The van der Waals surface area contributed by atoms with Crippen molar-refractivity contribution in [3.05, 3.63) is 77.4 Å². The van der Waals surface area contributed by atoms with E-state index >= 15 is 0 Å². The van der Waals surface area contributed by atoms with Crippen LogP contribution < -0.4 is 11.1 Å². The molecule has 2 aromatic rings. The topological polar surface area (TPSA) is 164 Å². The number of carbonyl (C=O) groups is 3. The van der Waals surface area contributed by atoms with E-state index in [2.05, 4.69) is 15.0 Å². The van der Waals surface area contributed by atoms with Crippen LogP contribution in [0.1, 0.15) is 37.8 Å². The van der Waals surface area contributed by atoms with Crippen LogP contribution in [-0.2, 0) is 35.9 Å². The van der Waals surface area contributed by atoms with E-state index in [1.807, 2.05) is 30.3 Å². The van der Waals surface area contributed by atoms with Gasteiger partial charge in [0.25, 0.3) is 0 Å². The summed E-state index contributed by atoms with van der Waals surface area (Å²) >= 11 is 0. The Balaban J connectivity index is 1.52. The molecule has 11 nitrogen and oxygen atoms in total. The minimum Gasteiger partial charge on any atom is -0.426 e. The number of likely N-dealkylation sites (tertiary alicyclic amines) is 1. The number of hydrogen-bond acceptors (Lipinski definition) is 9. The van der Waals surface area contributed by atoms with E-state index in [4.69, 9.17) is 10.5 Å². The van der Waals surface area contributed by atoms with Gasteiger partial charge in [0.05, 0.1) is 35.3 Å². The Labute approximate surface area is 259 Å². The summed E-state index contributed by atoms with van der Waals surface area (Å²) in [5.74, 6) is -3.49. The quantitative estimate of drug-likeness (QED) is 0.229. The monoisotopic (exact) mass is 652 g/mol. The number of benzene rings is 2. The van der Waals surface area contributed by atoms with Gasteiger partial charge in [0, 0.05) is 13.1 Å². The fraction of sp³-hybridized carbons (Fsp3) is 0.400. The van der Waals surface area contributed by atoms with Crippen molar-refractivity contribution in [2.45, 2.75) is 56.5 Å². The number of halogens is 3. The van der Waals surface area contributed by atoms with Crippen LogP contribution in [0.2, 0.25) is 0 Å². The third kappa shape index (κ3) is 7.91. The molecule has 1 spiro atoms. The molecule has 1 fully saturated rings. The van der Waals surface area contributed by atoms with Crippen LogP contribution in [0.25, 0.3) is 0 Å². The minimum atomic E-state index is -5.27. The SMILES string of the molecule is CC(C)(N)C(=O)N[C@H](COCc1ccccc1)C(=O)N1CCC2(CC1)C(S(O)(O)C=COC(=O)C(F)(F)F)=Nc1ccccc12. The summed E-state index contributed by atoms with van der Waals surface area (Å²) < 4.78 is 69.6. The third-order valence-corrected chi connectivity index (χ3v) is 9.04. The lowest BCUT2D eigenvalue weighted by Gasteiger charge is -2.45. The summed E-state index contributed by atoms with van der Waals surface area (Å²) in [5, 5.41) is 3.16. The Kier molecular flexibility index (Phi) is 10.1. The Morgan fingerprint density at radius 3 is 2.33 bits per heavy atom. The van der Waals surface area contributed by atoms with E-state index in [0.29, 0.717) is 22.9 Å². The van der Waals surface area contributed by atoms with Gasteiger partial charge in [-0.05, 0) is 43.9 Å². The lowest BCUT2D eigenvalue weighted by Crippen LogP contribution is -2.59. The first kappa shape index (κ1) is 34.1. The van der Waals surface area contributed by atoms with E-state index in [9.17, 15) is 36.7 Å². The number of esters is 1. The van der Waals surface area contributed by atoms with Crippen molar-refractivity contribution in [2.24, 2.45) is 10.7 Å². The molecule has 4 rings (SSSR count). The number of ether oxygens (including phenoxy) is 2. The number of nitrogens with zero attached hydrogens (tertiary/aromatic N) is 2. The highest BCUT2D eigenvalue weighted by Gasteiger charge is 2.51. The summed E-state index contributed by atoms with van der Waals surface area (Å²) in [6.45, 7) is 3.32. The van der Waals surface area contributed by atoms with Crippen molar-refractivity contribution >= 4 is 39.1 Å². The van der Waals surface area contributed by atoms with Gasteiger partial charge in [0.1, 0.15) is 17.3 Å². The van der Waals surface area contributed by atoms with E-state index < -0.39 is 51.5 Å². The standard InChI is InChI=1S/C30H35F3N4O7S/c1-28(2,34)25(39)35-23(19-43-18-20-8-4-3-5-9-20)24(38)37-14-12-29(13-15-37)21-10-6-7-11-22(21)36-26(29)45(41,42)17-16-44-27(40)30(31,32)33/h3-11,16-17,23,41-42H,12-15,18-19,34H2,1-2H3,(H,35,39)/t23-/m1/s1. The van der Waals surface area contributed by atoms with Crippen LogP contribution in [-0.4, -0.2) is 74.3 Å². The molecule has 0 bridgehead atoms. The third-order valence-electron chi connectivity index (χ3n) is 7.50. The van der Waals surface area contributed by atoms with Crippen LogP contribution in [0.4, 0.5) is 18.9 Å². The Hall–Kier alpha value is -3.76. The lowest BCUT2D eigenvalue weighted by atomic mass is 9.74. The predicted octanol–water partition coefficient (Wildman–Crippen LogP) is 4.36. The second kappa shape index (κ2) is 13.3. The maximum Gasteiger partial charge on any atom is 0.491 e. The van der Waals surface area contributed by atoms with Crippen LogP contribution >= 0.6 is 10.6 Å². The fourth-order valence-electron chi connectivity index (χ4n) is 5.16. The van der Waals surface area contributed by atoms with Gasteiger partial charge in [0.15, 0.2) is 0 Å². The van der Waals surface area contributed by atoms with E-state index in [1.54, 1.807) is 24.3 Å². The average molecular weight is 653 g/mol. The molecular weight excluding hydrogens is 617 g/mol. The number of para-hydroxylation sites is 1. The van der Waals surface area contributed by atoms with Gasteiger partial charge in [-0.1, -0.05) is 48.5 Å². The molecule has 2 aromatic carbocycles. The molecule has 2 amide bonds. The first-order chi connectivity index (χ1) is 21.0. The Morgan fingerprint density at radius 1 is 1.09 bits per heavy atom. The second-order valence-corrected chi connectivity index (χ2v) is 13.2. The number of rotatable bonds is 9. The molecule has 5 N–H and O–H groups in total. The Morgan fingerprint density at radius 2 is 1.71 bits per heavy atom. The van der Waals surface area contributed by atoms with Gasteiger partial charge in [-0.25, -0.2) is 9.79 Å². The number of carbonyl (C=O) groups excluding carboxylic acids is 3. The van der Waals surface area contributed by atoms with E-state index in [0.717, 1.165) is 5.56 Å². The molecule has 0 radical (unpaired) electrons. The largest absolute Gasteiger partial charge is 0.491 e. The zero-order chi connectivity index (χ0) is 33.0. The summed E-state index contributed by atoms with van der Waals surface area (Å²) in [7, 11) is -3.97. The summed E-state index contributed by atoms with van der Waals surface area (Å²) in [4.78, 5) is 43.5. The minimum absolute atomic E-state index is 0.108. The molecule has 15 heteroatoms. The molecule has 2 aliphatic heterocycles. The maximum atomic E-state index is 13.7. The second-order valence-electron chi connectivity index (χ2n) is 11.4. The van der Waals surface area contributed by atoms with E-state index in [1.165, 1.54) is 18.7 Å². The smallest absolute Gasteiger partial charge is 0.426 e. The van der Waals surface area contributed by atoms with E-state index in [-0.39, 0.29) is 44.2 Å². The molecule has 0 unspecified atom stereocenters. The van der Waals surface area contributed by atoms with Crippen LogP contribution in [0, 0.1) is 0 Å². The first-order valence-corrected chi connectivity index (χ1v) is 15.6. The fourth-order valence-corrected chi connectivity index (χ4v) is 6.62. The number of alkyl halides is 3. The van der Waals surface area contributed by atoms with Crippen molar-refractivity contribution in [1.29, 1.82) is 0 Å². The number of aliphatic imine (C=N–C) groups is 1.